The standard InChI is InChI=1S/C18H17ClN2/c1-13-10-18(20-17-11-15(19)8-9-16(13)17)21(2)12-14-6-4-3-5-7-14/h3-11H,12H2,1-2H3. The molecule has 3 aromatic rings. The van der Waals surface area contributed by atoms with Crippen molar-refractivity contribution in [1.29, 1.82) is 0 Å². The Bertz CT molecular complexity index is 769. The first kappa shape index (κ1) is 13.9. The Labute approximate surface area is 130 Å². The van der Waals surface area contributed by atoms with E-state index in [0.29, 0.717) is 0 Å². The van der Waals surface area contributed by atoms with Crippen molar-refractivity contribution in [2.45, 2.75) is 13.5 Å². The molecule has 106 valence electrons. The minimum Gasteiger partial charge on any atom is -0.355 e. The Balaban J connectivity index is 1.96. The van der Waals surface area contributed by atoms with Crippen molar-refractivity contribution in [1.82, 2.24) is 4.98 Å². The van der Waals surface area contributed by atoms with Gasteiger partial charge in [0, 0.05) is 24.0 Å². The zero-order valence-electron chi connectivity index (χ0n) is 12.2. The highest BCUT2D eigenvalue weighted by Crippen LogP contribution is 2.25. The number of pyridine rings is 1. The van der Waals surface area contributed by atoms with Gasteiger partial charge in [-0.25, -0.2) is 4.98 Å². The average molecular weight is 297 g/mol. The minimum atomic E-state index is 0.720. The predicted octanol–water partition coefficient (Wildman–Crippen LogP) is 4.83. The van der Waals surface area contributed by atoms with Gasteiger partial charge in [-0.05, 0) is 36.2 Å². The maximum atomic E-state index is 6.08. The van der Waals surface area contributed by atoms with Crippen molar-refractivity contribution < 1.29 is 0 Å². The molecular formula is C18H17ClN2. The van der Waals surface area contributed by atoms with Gasteiger partial charge in [0.1, 0.15) is 5.82 Å². The number of aryl methyl sites for hydroxylation is 1. The Morgan fingerprint density at radius 2 is 1.81 bits per heavy atom. The molecule has 0 N–H and O–H groups in total. The van der Waals surface area contributed by atoms with Crippen LogP contribution in [0.25, 0.3) is 10.9 Å². The van der Waals surface area contributed by atoms with Gasteiger partial charge in [0.2, 0.25) is 0 Å². The molecule has 0 aliphatic heterocycles. The van der Waals surface area contributed by atoms with E-state index in [1.165, 1.54) is 11.1 Å². The second-order valence-corrected chi connectivity index (χ2v) is 5.74. The van der Waals surface area contributed by atoms with Crippen LogP contribution >= 0.6 is 11.6 Å². The Morgan fingerprint density at radius 3 is 2.57 bits per heavy atom. The summed E-state index contributed by atoms with van der Waals surface area (Å²) in [7, 11) is 2.06. The summed E-state index contributed by atoms with van der Waals surface area (Å²) in [5.41, 5.74) is 3.43. The van der Waals surface area contributed by atoms with Crippen molar-refractivity contribution in [2.75, 3.05) is 11.9 Å². The first-order valence-electron chi connectivity index (χ1n) is 6.95. The fourth-order valence-electron chi connectivity index (χ4n) is 2.49. The lowest BCUT2D eigenvalue weighted by atomic mass is 10.1. The van der Waals surface area contributed by atoms with E-state index in [0.717, 1.165) is 28.3 Å². The van der Waals surface area contributed by atoms with Crippen molar-refractivity contribution in [3.8, 4) is 0 Å². The number of fused-ring (bicyclic) bond motifs is 1. The number of anilines is 1. The lowest BCUT2D eigenvalue weighted by Crippen LogP contribution is -2.17. The lowest BCUT2D eigenvalue weighted by Gasteiger charge is -2.19. The summed E-state index contributed by atoms with van der Waals surface area (Å²) in [6, 6.07) is 18.4. The summed E-state index contributed by atoms with van der Waals surface area (Å²) in [4.78, 5) is 6.89. The predicted molar refractivity (Wildman–Crippen MR) is 90.0 cm³/mol. The van der Waals surface area contributed by atoms with E-state index >= 15 is 0 Å². The number of hydrogen-bond donors (Lipinski definition) is 0. The van der Waals surface area contributed by atoms with Crippen LogP contribution in [0.3, 0.4) is 0 Å². The fraction of sp³-hybridized carbons (Fsp3) is 0.167. The molecule has 0 spiro atoms. The third-order valence-electron chi connectivity index (χ3n) is 3.62. The molecule has 3 heteroatoms. The van der Waals surface area contributed by atoms with Crippen molar-refractivity contribution >= 4 is 28.3 Å². The molecule has 0 saturated carbocycles. The van der Waals surface area contributed by atoms with Crippen molar-refractivity contribution in [3.63, 3.8) is 0 Å². The lowest BCUT2D eigenvalue weighted by molar-refractivity contribution is 0.901. The molecule has 0 fully saturated rings. The Kier molecular flexibility index (Phi) is 3.80. The van der Waals surface area contributed by atoms with E-state index in [-0.39, 0.29) is 0 Å². The summed E-state index contributed by atoms with van der Waals surface area (Å²) < 4.78 is 0. The van der Waals surface area contributed by atoms with Gasteiger partial charge in [0.05, 0.1) is 5.52 Å². The highest BCUT2D eigenvalue weighted by Gasteiger charge is 2.08. The zero-order valence-corrected chi connectivity index (χ0v) is 12.9. The normalized spacial score (nSPS) is 10.8. The monoisotopic (exact) mass is 296 g/mol. The summed E-state index contributed by atoms with van der Waals surface area (Å²) in [5, 5.41) is 1.87. The van der Waals surface area contributed by atoms with Crippen LogP contribution in [0.2, 0.25) is 5.02 Å². The molecule has 21 heavy (non-hydrogen) atoms. The maximum Gasteiger partial charge on any atom is 0.129 e. The smallest absolute Gasteiger partial charge is 0.129 e. The van der Waals surface area contributed by atoms with E-state index in [9.17, 15) is 0 Å². The van der Waals surface area contributed by atoms with E-state index in [2.05, 4.69) is 49.2 Å². The topological polar surface area (TPSA) is 16.1 Å². The summed E-state index contributed by atoms with van der Waals surface area (Å²) in [5.74, 6) is 0.964. The number of aromatic nitrogens is 1. The molecule has 1 aromatic heterocycles. The second-order valence-electron chi connectivity index (χ2n) is 5.30. The number of benzene rings is 2. The molecule has 3 rings (SSSR count). The Hall–Kier alpha value is -2.06. The molecule has 1 heterocycles. The van der Waals surface area contributed by atoms with E-state index in [1.54, 1.807) is 0 Å². The number of hydrogen-bond acceptors (Lipinski definition) is 2. The second kappa shape index (κ2) is 5.74. The molecule has 0 atom stereocenters. The molecule has 2 nitrogen and oxygen atoms in total. The Morgan fingerprint density at radius 1 is 1.05 bits per heavy atom. The van der Waals surface area contributed by atoms with Crippen LogP contribution in [0, 0.1) is 6.92 Å². The summed E-state index contributed by atoms with van der Waals surface area (Å²) in [6.07, 6.45) is 0. The van der Waals surface area contributed by atoms with E-state index in [1.807, 2.05) is 24.3 Å². The molecule has 0 saturated heterocycles. The van der Waals surface area contributed by atoms with Crippen molar-refractivity contribution in [2.24, 2.45) is 0 Å². The maximum absolute atomic E-state index is 6.08. The van der Waals surface area contributed by atoms with Crippen LogP contribution in [-0.4, -0.2) is 12.0 Å². The number of halogens is 1. The highest BCUT2D eigenvalue weighted by atomic mass is 35.5. The van der Waals surface area contributed by atoms with Crippen LogP contribution in [0.5, 0.6) is 0 Å². The third-order valence-corrected chi connectivity index (χ3v) is 3.85. The van der Waals surface area contributed by atoms with Gasteiger partial charge >= 0.3 is 0 Å². The molecule has 0 aliphatic rings. The number of rotatable bonds is 3. The van der Waals surface area contributed by atoms with Gasteiger partial charge in [-0.15, -0.1) is 0 Å². The van der Waals surface area contributed by atoms with Gasteiger partial charge in [0.15, 0.2) is 0 Å². The molecule has 0 radical (unpaired) electrons. The van der Waals surface area contributed by atoms with Crippen LogP contribution in [0.1, 0.15) is 11.1 Å². The van der Waals surface area contributed by atoms with Crippen molar-refractivity contribution in [3.05, 3.63) is 70.7 Å². The first-order chi connectivity index (χ1) is 10.1. The molecule has 0 unspecified atom stereocenters. The summed E-state index contributed by atoms with van der Waals surface area (Å²) in [6.45, 7) is 2.94. The number of nitrogens with zero attached hydrogens (tertiary/aromatic N) is 2. The largest absolute Gasteiger partial charge is 0.355 e. The van der Waals surface area contributed by atoms with Gasteiger partial charge < -0.3 is 4.90 Å². The molecular weight excluding hydrogens is 280 g/mol. The quantitative estimate of drug-likeness (QED) is 0.688. The van der Waals surface area contributed by atoms with Gasteiger partial charge in [-0.1, -0.05) is 48.0 Å². The van der Waals surface area contributed by atoms with Gasteiger partial charge in [0.25, 0.3) is 0 Å². The van der Waals surface area contributed by atoms with E-state index < -0.39 is 0 Å². The molecule has 0 bridgehead atoms. The SMILES string of the molecule is Cc1cc(N(C)Cc2ccccc2)nc2cc(Cl)ccc12. The minimum absolute atomic E-state index is 0.720. The average Bonchev–Trinajstić information content (AvgIpc) is 2.47. The van der Waals surface area contributed by atoms with Gasteiger partial charge in [-0.3, -0.25) is 0 Å². The van der Waals surface area contributed by atoms with Crippen LogP contribution in [-0.2, 0) is 6.54 Å². The van der Waals surface area contributed by atoms with Crippen LogP contribution in [0.4, 0.5) is 5.82 Å². The molecule has 0 amide bonds. The third kappa shape index (κ3) is 3.01. The van der Waals surface area contributed by atoms with Crippen LogP contribution in [0.15, 0.2) is 54.6 Å². The fourth-order valence-corrected chi connectivity index (χ4v) is 2.66. The highest BCUT2D eigenvalue weighted by molar-refractivity contribution is 6.31. The van der Waals surface area contributed by atoms with Crippen LogP contribution < -0.4 is 4.90 Å². The molecule has 2 aromatic carbocycles. The summed E-state index contributed by atoms with van der Waals surface area (Å²) >= 11 is 6.08. The molecule has 0 aliphatic carbocycles. The first-order valence-corrected chi connectivity index (χ1v) is 7.33. The van der Waals surface area contributed by atoms with Gasteiger partial charge in [-0.2, -0.15) is 0 Å². The zero-order chi connectivity index (χ0) is 14.8. The van der Waals surface area contributed by atoms with E-state index in [4.69, 9.17) is 16.6 Å².